The zero-order chi connectivity index (χ0) is 30.9. The molecule has 0 radical (unpaired) electrons. The monoisotopic (exact) mass is 611 g/mol. The van der Waals surface area contributed by atoms with Gasteiger partial charge < -0.3 is 14.9 Å². The van der Waals surface area contributed by atoms with Gasteiger partial charge in [0.05, 0.1) is 12.8 Å². The standard InChI is InChI=1S/C39H47O4P/c40-38-32-33(28-29-37(38)39(41)42)43-30-20-9-7-5-3-1-2-4-6-8-10-21-31-44(34-22-14-11-15-23-34,35-24-16-12-17-25-35)36-26-18-13-19-27-36/h11-19,22-29,32H,1-10,20-21,30-31H2,(H-,40,41,42)/p+1. The third kappa shape index (κ3) is 9.69. The molecule has 2 N–H and O–H groups in total. The van der Waals surface area contributed by atoms with E-state index in [1.165, 1.54) is 98.4 Å². The molecule has 0 saturated heterocycles. The van der Waals surface area contributed by atoms with Gasteiger partial charge in [0, 0.05) is 6.07 Å². The predicted molar refractivity (Wildman–Crippen MR) is 186 cm³/mol. The highest BCUT2D eigenvalue weighted by Crippen LogP contribution is 2.56. The summed E-state index contributed by atoms with van der Waals surface area (Å²) in [5.74, 6) is -0.886. The first kappa shape index (κ1) is 33.3. The van der Waals surface area contributed by atoms with Gasteiger partial charge in [-0.2, -0.15) is 0 Å². The molecule has 232 valence electrons. The number of carboxylic acid groups (broad SMARTS) is 1. The maximum atomic E-state index is 11.0. The number of hydrogen-bond donors (Lipinski definition) is 2. The van der Waals surface area contributed by atoms with Crippen molar-refractivity contribution in [1.82, 2.24) is 0 Å². The average Bonchev–Trinajstić information content (AvgIpc) is 3.06. The van der Waals surface area contributed by atoms with E-state index in [1.807, 2.05) is 0 Å². The Bertz CT molecular complexity index is 1280. The van der Waals surface area contributed by atoms with Crippen molar-refractivity contribution in [2.45, 2.75) is 77.0 Å². The number of carboxylic acids is 1. The lowest BCUT2D eigenvalue weighted by Gasteiger charge is -2.27. The molecule has 0 saturated carbocycles. The first-order chi connectivity index (χ1) is 21.6. The van der Waals surface area contributed by atoms with Crippen LogP contribution in [-0.4, -0.2) is 29.0 Å². The maximum Gasteiger partial charge on any atom is 0.339 e. The van der Waals surface area contributed by atoms with E-state index >= 15 is 0 Å². The summed E-state index contributed by atoms with van der Waals surface area (Å²) in [6.07, 6.45) is 16.2. The van der Waals surface area contributed by atoms with Crippen molar-refractivity contribution in [2.24, 2.45) is 0 Å². The normalized spacial score (nSPS) is 11.4. The Morgan fingerprint density at radius 3 is 1.36 bits per heavy atom. The Labute approximate surface area is 264 Å². The number of ether oxygens (including phenoxy) is 1. The molecule has 4 aromatic carbocycles. The second-order valence-electron chi connectivity index (χ2n) is 11.6. The zero-order valence-electron chi connectivity index (χ0n) is 25.9. The topological polar surface area (TPSA) is 66.8 Å². The van der Waals surface area contributed by atoms with Crippen LogP contribution in [-0.2, 0) is 0 Å². The summed E-state index contributed by atoms with van der Waals surface area (Å²) in [7, 11) is -1.70. The Kier molecular flexibility index (Phi) is 13.8. The van der Waals surface area contributed by atoms with E-state index in [9.17, 15) is 9.90 Å². The van der Waals surface area contributed by atoms with Crippen LogP contribution in [0.25, 0.3) is 0 Å². The third-order valence-corrected chi connectivity index (χ3v) is 13.0. The summed E-state index contributed by atoms with van der Waals surface area (Å²) >= 11 is 0. The number of rotatable bonds is 20. The summed E-state index contributed by atoms with van der Waals surface area (Å²) < 4.78 is 5.66. The van der Waals surface area contributed by atoms with Gasteiger partial charge >= 0.3 is 5.97 Å². The fraction of sp³-hybridized carbons (Fsp3) is 0.359. The molecule has 44 heavy (non-hydrogen) atoms. The Balaban J connectivity index is 1.10. The fourth-order valence-electron chi connectivity index (χ4n) is 6.07. The number of benzene rings is 4. The number of hydrogen-bond acceptors (Lipinski definition) is 3. The highest BCUT2D eigenvalue weighted by molar-refractivity contribution is 7.95. The minimum atomic E-state index is -1.70. The van der Waals surface area contributed by atoms with E-state index in [-0.39, 0.29) is 11.3 Å². The predicted octanol–water partition coefficient (Wildman–Crippen LogP) is 9.14. The number of aromatic carboxylic acids is 1. The SMILES string of the molecule is O=C(O)c1ccc(OCCCCCCCCCCCCCC[P+](c2ccccc2)(c2ccccc2)c2ccccc2)cc1O. The summed E-state index contributed by atoms with van der Waals surface area (Å²) in [5, 5.41) is 23.2. The van der Waals surface area contributed by atoms with Crippen LogP contribution in [0.4, 0.5) is 0 Å². The molecule has 5 heteroatoms. The number of unbranched alkanes of at least 4 members (excludes halogenated alkanes) is 11. The Morgan fingerprint density at radius 1 is 0.545 bits per heavy atom. The number of phenols is 1. The first-order valence-corrected chi connectivity index (χ1v) is 18.3. The van der Waals surface area contributed by atoms with Crippen LogP contribution < -0.4 is 20.7 Å². The van der Waals surface area contributed by atoms with Gasteiger partial charge in [-0.1, -0.05) is 112 Å². The molecular weight excluding hydrogens is 563 g/mol. The summed E-state index contributed by atoms with van der Waals surface area (Å²) in [6.45, 7) is 0.580. The highest BCUT2D eigenvalue weighted by atomic mass is 31.2. The van der Waals surface area contributed by atoms with Gasteiger partial charge in [-0.25, -0.2) is 4.79 Å². The molecule has 4 rings (SSSR count). The van der Waals surface area contributed by atoms with Crippen LogP contribution in [0.2, 0.25) is 0 Å². The fourth-order valence-corrected chi connectivity index (χ4v) is 10.5. The molecule has 0 spiro atoms. The smallest absolute Gasteiger partial charge is 0.339 e. The lowest BCUT2D eigenvalue weighted by Crippen LogP contribution is -2.33. The van der Waals surface area contributed by atoms with Crippen LogP contribution in [0.15, 0.2) is 109 Å². The molecule has 0 aliphatic rings. The zero-order valence-corrected chi connectivity index (χ0v) is 26.8. The van der Waals surface area contributed by atoms with Gasteiger partial charge in [0.2, 0.25) is 0 Å². The van der Waals surface area contributed by atoms with Crippen molar-refractivity contribution in [1.29, 1.82) is 0 Å². The molecular formula is C39H48O4P+. The van der Waals surface area contributed by atoms with Gasteiger partial charge in [-0.15, -0.1) is 0 Å². The van der Waals surface area contributed by atoms with Crippen LogP contribution in [0, 0.1) is 0 Å². The van der Waals surface area contributed by atoms with E-state index < -0.39 is 13.2 Å². The molecule has 0 bridgehead atoms. The van der Waals surface area contributed by atoms with Crippen molar-refractivity contribution in [3.05, 3.63) is 115 Å². The molecule has 4 nitrogen and oxygen atoms in total. The molecule has 0 aliphatic heterocycles. The van der Waals surface area contributed by atoms with Crippen molar-refractivity contribution in [2.75, 3.05) is 12.8 Å². The van der Waals surface area contributed by atoms with Gasteiger partial charge in [0.25, 0.3) is 0 Å². The van der Waals surface area contributed by atoms with Crippen molar-refractivity contribution in [3.8, 4) is 11.5 Å². The maximum absolute atomic E-state index is 11.0. The highest BCUT2D eigenvalue weighted by Gasteiger charge is 2.44. The van der Waals surface area contributed by atoms with E-state index in [0.29, 0.717) is 12.4 Å². The van der Waals surface area contributed by atoms with Gasteiger partial charge in [-0.05, 0) is 67.8 Å². The van der Waals surface area contributed by atoms with E-state index in [1.54, 1.807) is 6.07 Å². The second-order valence-corrected chi connectivity index (χ2v) is 15.2. The first-order valence-electron chi connectivity index (χ1n) is 16.4. The minimum Gasteiger partial charge on any atom is -0.507 e. The summed E-state index contributed by atoms with van der Waals surface area (Å²) in [6, 6.07) is 38.0. The largest absolute Gasteiger partial charge is 0.507 e. The van der Waals surface area contributed by atoms with Crippen LogP contribution >= 0.6 is 7.26 Å². The molecule has 0 atom stereocenters. The van der Waals surface area contributed by atoms with Crippen LogP contribution in [0.3, 0.4) is 0 Å². The van der Waals surface area contributed by atoms with Gasteiger partial charge in [-0.3, -0.25) is 0 Å². The molecule has 0 amide bonds. The van der Waals surface area contributed by atoms with Crippen molar-refractivity contribution in [3.63, 3.8) is 0 Å². The third-order valence-electron chi connectivity index (χ3n) is 8.45. The summed E-state index contributed by atoms with van der Waals surface area (Å²) in [4.78, 5) is 11.0. The molecule has 0 aliphatic carbocycles. The minimum absolute atomic E-state index is 0.105. The quantitative estimate of drug-likeness (QED) is 0.0773. The molecule has 0 heterocycles. The summed E-state index contributed by atoms with van der Waals surface area (Å²) in [5.41, 5.74) is -0.105. The van der Waals surface area contributed by atoms with E-state index in [2.05, 4.69) is 91.0 Å². The Hall–Kier alpha value is -3.62. The van der Waals surface area contributed by atoms with Crippen LogP contribution in [0.1, 0.15) is 87.4 Å². The lowest BCUT2D eigenvalue weighted by atomic mass is 10.1. The van der Waals surface area contributed by atoms with Crippen LogP contribution in [0.5, 0.6) is 11.5 Å². The molecule has 0 unspecified atom stereocenters. The number of aromatic hydroxyl groups is 1. The molecule has 0 fully saturated rings. The van der Waals surface area contributed by atoms with E-state index in [0.717, 1.165) is 12.8 Å². The van der Waals surface area contributed by atoms with Gasteiger partial charge in [0.1, 0.15) is 40.2 Å². The lowest BCUT2D eigenvalue weighted by molar-refractivity contribution is 0.0693. The number of carbonyl (C=O) groups is 1. The van der Waals surface area contributed by atoms with Gasteiger partial charge in [0.15, 0.2) is 0 Å². The average molecular weight is 612 g/mol. The van der Waals surface area contributed by atoms with Crippen molar-refractivity contribution < 1.29 is 19.7 Å². The van der Waals surface area contributed by atoms with E-state index in [4.69, 9.17) is 9.84 Å². The van der Waals surface area contributed by atoms with Crippen molar-refractivity contribution >= 4 is 29.1 Å². The Morgan fingerprint density at radius 2 is 0.955 bits per heavy atom. The molecule has 0 aromatic heterocycles. The molecule has 4 aromatic rings. The second kappa shape index (κ2) is 18.2.